The maximum absolute atomic E-state index is 10.6. The van der Waals surface area contributed by atoms with Gasteiger partial charge in [-0.05, 0) is 25.7 Å². The predicted molar refractivity (Wildman–Crippen MR) is 49.7 cm³/mol. The number of carbonyl (C=O) groups is 1. The summed E-state index contributed by atoms with van der Waals surface area (Å²) in [4.78, 5) is 10.6. The van der Waals surface area contributed by atoms with Gasteiger partial charge in [-0.3, -0.25) is 4.79 Å². The lowest BCUT2D eigenvalue weighted by Gasteiger charge is -2.40. The van der Waals surface area contributed by atoms with Crippen LogP contribution in [0.2, 0.25) is 0 Å². The Morgan fingerprint density at radius 2 is 2.23 bits per heavy atom. The Morgan fingerprint density at radius 3 is 2.62 bits per heavy atom. The summed E-state index contributed by atoms with van der Waals surface area (Å²) in [5, 5.41) is 8.69. The molecule has 1 N–H and O–H groups in total. The van der Waals surface area contributed by atoms with E-state index in [1.807, 2.05) is 0 Å². The molecule has 1 fully saturated rings. The molecular formula is C10H18O3. The van der Waals surface area contributed by atoms with E-state index in [9.17, 15) is 4.79 Å². The maximum atomic E-state index is 10.6. The molecule has 1 aliphatic carbocycles. The average molecular weight is 186 g/mol. The summed E-state index contributed by atoms with van der Waals surface area (Å²) >= 11 is 0. The van der Waals surface area contributed by atoms with Crippen molar-refractivity contribution in [2.45, 2.75) is 51.0 Å². The van der Waals surface area contributed by atoms with Crippen molar-refractivity contribution in [3.05, 3.63) is 0 Å². The summed E-state index contributed by atoms with van der Waals surface area (Å²) in [6.07, 6.45) is 5.26. The van der Waals surface area contributed by atoms with Crippen molar-refractivity contribution in [1.29, 1.82) is 0 Å². The van der Waals surface area contributed by atoms with Gasteiger partial charge in [-0.25, -0.2) is 0 Å². The molecule has 0 bridgehead atoms. The lowest BCUT2D eigenvalue weighted by molar-refractivity contribution is -0.154. The number of carboxylic acid groups (broad SMARTS) is 1. The zero-order chi connectivity index (χ0) is 9.73. The molecule has 0 unspecified atom stereocenters. The third-order valence-electron chi connectivity index (χ3n) is 2.64. The minimum absolute atomic E-state index is 0.177. The third-order valence-corrected chi connectivity index (χ3v) is 2.64. The maximum Gasteiger partial charge on any atom is 0.306 e. The van der Waals surface area contributed by atoms with E-state index in [4.69, 9.17) is 9.84 Å². The molecule has 0 aromatic carbocycles. The number of ether oxygens (including phenoxy) is 1. The van der Waals surface area contributed by atoms with E-state index in [-0.39, 0.29) is 12.0 Å². The highest BCUT2D eigenvalue weighted by atomic mass is 16.5. The Morgan fingerprint density at radius 1 is 1.54 bits per heavy atom. The highest BCUT2D eigenvalue weighted by molar-refractivity contribution is 5.68. The fourth-order valence-corrected chi connectivity index (χ4v) is 1.65. The predicted octanol–water partition coefficient (Wildman–Crippen LogP) is 2.20. The van der Waals surface area contributed by atoms with Crippen LogP contribution in [0, 0.1) is 0 Å². The summed E-state index contributed by atoms with van der Waals surface area (Å²) in [6.45, 7) is 2.82. The van der Waals surface area contributed by atoms with Crippen molar-refractivity contribution < 1.29 is 14.6 Å². The first kappa shape index (κ1) is 10.5. The van der Waals surface area contributed by atoms with Gasteiger partial charge in [0, 0.05) is 6.61 Å². The van der Waals surface area contributed by atoms with Crippen molar-refractivity contribution in [2.75, 3.05) is 6.61 Å². The van der Waals surface area contributed by atoms with Crippen LogP contribution in [0.15, 0.2) is 0 Å². The van der Waals surface area contributed by atoms with Gasteiger partial charge in [-0.2, -0.15) is 0 Å². The SMILES string of the molecule is CCCCOC1(CC(=O)O)CCC1. The molecule has 3 heteroatoms. The smallest absolute Gasteiger partial charge is 0.306 e. The molecule has 0 atom stereocenters. The van der Waals surface area contributed by atoms with Crippen LogP contribution < -0.4 is 0 Å². The fourth-order valence-electron chi connectivity index (χ4n) is 1.65. The van der Waals surface area contributed by atoms with Crippen molar-refractivity contribution in [3.8, 4) is 0 Å². The Balaban J connectivity index is 2.27. The van der Waals surface area contributed by atoms with E-state index >= 15 is 0 Å². The molecule has 0 aliphatic heterocycles. The van der Waals surface area contributed by atoms with Crippen LogP contribution in [0.25, 0.3) is 0 Å². The Bertz CT molecular complexity index is 173. The lowest BCUT2D eigenvalue weighted by Crippen LogP contribution is -2.42. The third kappa shape index (κ3) is 2.99. The normalized spacial score (nSPS) is 19.5. The summed E-state index contributed by atoms with van der Waals surface area (Å²) in [7, 11) is 0. The van der Waals surface area contributed by atoms with Gasteiger partial charge in [-0.1, -0.05) is 13.3 Å². The zero-order valence-electron chi connectivity index (χ0n) is 8.21. The number of hydrogen-bond donors (Lipinski definition) is 1. The van der Waals surface area contributed by atoms with Gasteiger partial charge in [0.05, 0.1) is 12.0 Å². The van der Waals surface area contributed by atoms with Gasteiger partial charge in [0.2, 0.25) is 0 Å². The minimum Gasteiger partial charge on any atom is -0.481 e. The van der Waals surface area contributed by atoms with Crippen molar-refractivity contribution in [2.24, 2.45) is 0 Å². The van der Waals surface area contributed by atoms with Gasteiger partial charge in [0.1, 0.15) is 0 Å². The molecule has 1 aliphatic rings. The highest BCUT2D eigenvalue weighted by Gasteiger charge is 2.39. The molecule has 76 valence electrons. The molecule has 0 heterocycles. The number of carboxylic acids is 1. The second kappa shape index (κ2) is 4.61. The largest absolute Gasteiger partial charge is 0.481 e. The van der Waals surface area contributed by atoms with Crippen molar-refractivity contribution >= 4 is 5.97 Å². The Kier molecular flexibility index (Phi) is 3.72. The van der Waals surface area contributed by atoms with Crippen LogP contribution in [0.4, 0.5) is 0 Å². The van der Waals surface area contributed by atoms with Crippen molar-refractivity contribution in [1.82, 2.24) is 0 Å². The molecule has 0 aromatic heterocycles. The number of unbranched alkanes of at least 4 members (excludes halogenated alkanes) is 1. The molecule has 3 nitrogen and oxygen atoms in total. The molecule has 0 amide bonds. The first-order valence-corrected chi connectivity index (χ1v) is 5.04. The molecule has 0 radical (unpaired) electrons. The monoisotopic (exact) mass is 186 g/mol. The van der Waals surface area contributed by atoms with Gasteiger partial charge in [0.25, 0.3) is 0 Å². The molecule has 1 rings (SSSR count). The second-order valence-corrected chi connectivity index (χ2v) is 3.81. The van der Waals surface area contributed by atoms with Crippen LogP contribution in [0.1, 0.15) is 45.4 Å². The summed E-state index contributed by atoms with van der Waals surface area (Å²) in [5.41, 5.74) is -0.305. The average Bonchev–Trinajstić information content (AvgIpc) is 1.99. The first-order valence-electron chi connectivity index (χ1n) is 5.04. The number of hydrogen-bond acceptors (Lipinski definition) is 2. The topological polar surface area (TPSA) is 46.5 Å². The van der Waals surface area contributed by atoms with Gasteiger partial charge in [-0.15, -0.1) is 0 Å². The summed E-state index contributed by atoms with van der Waals surface area (Å²) in [6, 6.07) is 0. The number of aliphatic carboxylic acids is 1. The zero-order valence-corrected chi connectivity index (χ0v) is 8.21. The van der Waals surface area contributed by atoms with Crippen LogP contribution in [0.5, 0.6) is 0 Å². The quantitative estimate of drug-likeness (QED) is 0.647. The van der Waals surface area contributed by atoms with Crippen molar-refractivity contribution in [3.63, 3.8) is 0 Å². The van der Waals surface area contributed by atoms with Gasteiger partial charge in [0.15, 0.2) is 0 Å². The van der Waals surface area contributed by atoms with Crippen LogP contribution in [-0.4, -0.2) is 23.3 Å². The van der Waals surface area contributed by atoms with E-state index in [1.54, 1.807) is 0 Å². The van der Waals surface area contributed by atoms with Crippen LogP contribution in [-0.2, 0) is 9.53 Å². The molecule has 0 spiro atoms. The van der Waals surface area contributed by atoms with Crippen LogP contribution >= 0.6 is 0 Å². The number of rotatable bonds is 6. The van der Waals surface area contributed by atoms with E-state index in [0.717, 1.165) is 32.1 Å². The molecule has 13 heavy (non-hydrogen) atoms. The minimum atomic E-state index is -0.740. The molecular weight excluding hydrogens is 168 g/mol. The van der Waals surface area contributed by atoms with E-state index in [1.165, 1.54) is 0 Å². The molecule has 0 aromatic rings. The first-order chi connectivity index (χ1) is 6.18. The van der Waals surface area contributed by atoms with E-state index in [2.05, 4.69) is 6.92 Å². The second-order valence-electron chi connectivity index (χ2n) is 3.81. The Hall–Kier alpha value is -0.570. The lowest BCUT2D eigenvalue weighted by atomic mass is 9.77. The highest BCUT2D eigenvalue weighted by Crippen LogP contribution is 2.38. The van der Waals surface area contributed by atoms with Gasteiger partial charge >= 0.3 is 5.97 Å². The Labute approximate surface area is 79.1 Å². The fraction of sp³-hybridized carbons (Fsp3) is 0.900. The van der Waals surface area contributed by atoms with Crippen LogP contribution in [0.3, 0.4) is 0 Å². The van der Waals surface area contributed by atoms with E-state index < -0.39 is 5.97 Å². The summed E-state index contributed by atoms with van der Waals surface area (Å²) in [5.74, 6) is -0.740. The van der Waals surface area contributed by atoms with Gasteiger partial charge < -0.3 is 9.84 Å². The van der Waals surface area contributed by atoms with E-state index in [0.29, 0.717) is 6.61 Å². The summed E-state index contributed by atoms with van der Waals surface area (Å²) < 4.78 is 5.64. The standard InChI is InChI=1S/C10H18O3/c1-2-3-7-13-10(5-4-6-10)8-9(11)12/h2-8H2,1H3,(H,11,12). The molecule has 0 saturated heterocycles. The molecule has 1 saturated carbocycles.